The van der Waals surface area contributed by atoms with Crippen LogP contribution in [0.2, 0.25) is 0 Å². The Morgan fingerprint density at radius 1 is 0.292 bits per heavy atom. The van der Waals surface area contributed by atoms with E-state index in [-0.39, 0.29) is 0 Å². The summed E-state index contributed by atoms with van der Waals surface area (Å²) in [5.41, 5.74) is 9.09. The van der Waals surface area contributed by atoms with Crippen LogP contribution in [0.4, 0.5) is 34.1 Å². The molecule has 0 saturated heterocycles. The van der Waals surface area contributed by atoms with Gasteiger partial charge in [-0.2, -0.15) is 0 Å². The Morgan fingerprint density at radius 3 is 1.19 bits per heavy atom. The van der Waals surface area contributed by atoms with Gasteiger partial charge in [-0.15, -0.1) is 0 Å². The Hall–Kier alpha value is -6.38. The summed E-state index contributed by atoms with van der Waals surface area (Å²) in [5.74, 6) is 0. The van der Waals surface area contributed by atoms with Crippen molar-refractivity contribution in [2.45, 2.75) is 0 Å². The molecular weight excluding hydrogens is 581 g/mol. The van der Waals surface area contributed by atoms with Crippen LogP contribution in [0.1, 0.15) is 11.1 Å². The van der Waals surface area contributed by atoms with E-state index in [1.165, 1.54) is 27.2 Å². The second kappa shape index (κ2) is 13.2. The summed E-state index contributed by atoms with van der Waals surface area (Å²) in [4.78, 5) is 4.65. The van der Waals surface area contributed by atoms with Crippen LogP contribution in [0.3, 0.4) is 0 Å². The number of hydrogen-bond donors (Lipinski definition) is 0. The first-order chi connectivity index (χ1) is 23.8. The molecule has 2 heteroatoms. The molecule has 48 heavy (non-hydrogen) atoms. The molecule has 0 fully saturated rings. The van der Waals surface area contributed by atoms with E-state index in [9.17, 15) is 0 Å². The maximum atomic E-state index is 2.37. The highest BCUT2D eigenvalue weighted by molar-refractivity contribution is 6.14. The molecular formula is C46H34N2. The number of nitrogens with zero attached hydrogens (tertiary/aromatic N) is 2. The topological polar surface area (TPSA) is 6.48 Å². The average Bonchev–Trinajstić information content (AvgIpc) is 3.17. The predicted octanol–water partition coefficient (Wildman–Crippen LogP) is 13.1. The second-order valence-corrected chi connectivity index (χ2v) is 11.9. The zero-order valence-electron chi connectivity index (χ0n) is 26.5. The summed E-state index contributed by atoms with van der Waals surface area (Å²) in [6.45, 7) is 0. The van der Waals surface area contributed by atoms with Crippen molar-refractivity contribution in [3.05, 3.63) is 205 Å². The van der Waals surface area contributed by atoms with Crippen molar-refractivity contribution in [1.29, 1.82) is 0 Å². The number of benzene rings is 8. The van der Waals surface area contributed by atoms with Gasteiger partial charge in [0.1, 0.15) is 0 Å². The summed E-state index contributed by atoms with van der Waals surface area (Å²) in [5, 5.41) is 4.98. The van der Waals surface area contributed by atoms with Gasteiger partial charge in [0, 0.05) is 33.8 Å². The third-order valence-corrected chi connectivity index (χ3v) is 8.80. The van der Waals surface area contributed by atoms with Crippen LogP contribution >= 0.6 is 0 Å². The van der Waals surface area contributed by atoms with E-state index in [0.29, 0.717) is 0 Å². The molecule has 8 aromatic carbocycles. The maximum Gasteiger partial charge on any atom is 0.0546 e. The van der Waals surface area contributed by atoms with E-state index in [0.717, 1.165) is 39.6 Å². The molecule has 2 nitrogen and oxygen atoms in total. The Balaban J connectivity index is 1.10. The minimum Gasteiger partial charge on any atom is -0.311 e. The molecule has 0 saturated carbocycles. The van der Waals surface area contributed by atoms with Gasteiger partial charge in [-0.25, -0.2) is 0 Å². The highest BCUT2D eigenvalue weighted by atomic mass is 15.1. The largest absolute Gasteiger partial charge is 0.311 e. The molecule has 8 aromatic rings. The Labute approximate surface area is 282 Å². The van der Waals surface area contributed by atoms with E-state index in [4.69, 9.17) is 0 Å². The lowest BCUT2D eigenvalue weighted by atomic mass is 9.99. The van der Waals surface area contributed by atoms with Crippen molar-refractivity contribution in [2.24, 2.45) is 0 Å². The molecule has 228 valence electrons. The van der Waals surface area contributed by atoms with Crippen molar-refractivity contribution >= 4 is 67.8 Å². The fraction of sp³-hybridized carbons (Fsp3) is 0. The van der Waals surface area contributed by atoms with Crippen LogP contribution in [-0.4, -0.2) is 0 Å². The number of anilines is 6. The average molecular weight is 615 g/mol. The first-order valence-electron chi connectivity index (χ1n) is 16.4. The van der Waals surface area contributed by atoms with Gasteiger partial charge in [-0.3, -0.25) is 0 Å². The Bertz CT molecular complexity index is 2270. The smallest absolute Gasteiger partial charge is 0.0546 e. The molecule has 0 radical (unpaired) electrons. The van der Waals surface area contributed by atoms with E-state index in [1.807, 2.05) is 0 Å². The molecule has 0 aromatic heterocycles. The normalized spacial score (nSPS) is 11.2. The van der Waals surface area contributed by atoms with Gasteiger partial charge in [0.15, 0.2) is 0 Å². The number of hydrogen-bond acceptors (Lipinski definition) is 2. The van der Waals surface area contributed by atoms with Crippen molar-refractivity contribution < 1.29 is 0 Å². The lowest BCUT2D eigenvalue weighted by molar-refractivity contribution is 1.28. The molecule has 0 aliphatic heterocycles. The van der Waals surface area contributed by atoms with Crippen LogP contribution in [0.15, 0.2) is 194 Å². The standard InChI is InChI=1S/C46H34N2/c1-4-15-38(16-5-1)47(39-17-6-2-7-18-39)41-30-26-35(27-31-41)24-25-36-28-32-42(33-29-36)48(40-19-8-3-9-20-40)46-34-37-14-10-11-21-43(37)44-22-12-13-23-45(44)46/h1-34H/b25-24+. The van der Waals surface area contributed by atoms with Crippen molar-refractivity contribution in [3.63, 3.8) is 0 Å². The zero-order chi connectivity index (χ0) is 32.1. The van der Waals surface area contributed by atoms with E-state index in [2.05, 4.69) is 216 Å². The molecule has 0 amide bonds. The molecule has 0 aliphatic rings. The molecule has 0 heterocycles. The van der Waals surface area contributed by atoms with Crippen LogP contribution in [0.25, 0.3) is 33.7 Å². The second-order valence-electron chi connectivity index (χ2n) is 11.9. The summed E-state index contributed by atoms with van der Waals surface area (Å²) >= 11 is 0. The minimum absolute atomic E-state index is 1.12. The van der Waals surface area contributed by atoms with Crippen LogP contribution in [0, 0.1) is 0 Å². The van der Waals surface area contributed by atoms with Gasteiger partial charge in [0.05, 0.1) is 5.69 Å². The SMILES string of the molecule is C(=C\c1ccc(N(c2ccccc2)c2cc3ccccc3c3ccccc23)cc1)/c1ccc(N(c2ccccc2)c2ccccc2)cc1. The van der Waals surface area contributed by atoms with Gasteiger partial charge in [0.25, 0.3) is 0 Å². The first kappa shape index (κ1) is 29.1. The molecule has 0 N–H and O–H groups in total. The number of para-hydroxylation sites is 3. The fourth-order valence-corrected chi connectivity index (χ4v) is 6.49. The van der Waals surface area contributed by atoms with Gasteiger partial charge in [-0.05, 0) is 94.0 Å². The first-order valence-corrected chi connectivity index (χ1v) is 16.4. The summed E-state index contributed by atoms with van der Waals surface area (Å²) < 4.78 is 0. The summed E-state index contributed by atoms with van der Waals surface area (Å²) in [7, 11) is 0. The van der Waals surface area contributed by atoms with E-state index in [1.54, 1.807) is 0 Å². The van der Waals surface area contributed by atoms with Gasteiger partial charge in [-0.1, -0.05) is 140 Å². The fourth-order valence-electron chi connectivity index (χ4n) is 6.49. The third kappa shape index (κ3) is 5.84. The molecule has 0 spiro atoms. The van der Waals surface area contributed by atoms with Crippen molar-refractivity contribution in [3.8, 4) is 0 Å². The monoisotopic (exact) mass is 614 g/mol. The van der Waals surface area contributed by atoms with Gasteiger partial charge >= 0.3 is 0 Å². The molecule has 8 rings (SSSR count). The molecule has 0 atom stereocenters. The Kier molecular flexibility index (Phi) is 7.96. The van der Waals surface area contributed by atoms with Gasteiger partial charge < -0.3 is 9.80 Å². The molecule has 0 bridgehead atoms. The third-order valence-electron chi connectivity index (χ3n) is 8.80. The van der Waals surface area contributed by atoms with E-state index < -0.39 is 0 Å². The lowest BCUT2D eigenvalue weighted by Crippen LogP contribution is -2.10. The Morgan fingerprint density at radius 2 is 0.667 bits per heavy atom. The predicted molar refractivity (Wildman–Crippen MR) is 206 cm³/mol. The highest BCUT2D eigenvalue weighted by Crippen LogP contribution is 2.42. The number of rotatable bonds is 8. The zero-order valence-corrected chi connectivity index (χ0v) is 26.5. The van der Waals surface area contributed by atoms with Crippen molar-refractivity contribution in [2.75, 3.05) is 9.80 Å². The lowest BCUT2D eigenvalue weighted by Gasteiger charge is -2.27. The van der Waals surface area contributed by atoms with Crippen LogP contribution < -0.4 is 9.80 Å². The number of fused-ring (bicyclic) bond motifs is 3. The molecule has 0 aliphatic carbocycles. The van der Waals surface area contributed by atoms with Crippen molar-refractivity contribution in [1.82, 2.24) is 0 Å². The van der Waals surface area contributed by atoms with Gasteiger partial charge in [0.2, 0.25) is 0 Å². The van der Waals surface area contributed by atoms with Crippen LogP contribution in [-0.2, 0) is 0 Å². The minimum atomic E-state index is 1.12. The summed E-state index contributed by atoms with van der Waals surface area (Å²) in [6, 6.07) is 68.9. The maximum absolute atomic E-state index is 2.37. The van der Waals surface area contributed by atoms with Crippen LogP contribution in [0.5, 0.6) is 0 Å². The molecule has 0 unspecified atom stereocenters. The quantitative estimate of drug-likeness (QED) is 0.124. The summed E-state index contributed by atoms with van der Waals surface area (Å²) in [6.07, 6.45) is 4.36. The highest BCUT2D eigenvalue weighted by Gasteiger charge is 2.17. The van der Waals surface area contributed by atoms with E-state index >= 15 is 0 Å².